The van der Waals surface area contributed by atoms with Crippen molar-refractivity contribution in [2.75, 3.05) is 31.7 Å². The van der Waals surface area contributed by atoms with Crippen molar-refractivity contribution in [3.05, 3.63) is 42.6 Å². The highest BCUT2D eigenvalue weighted by atomic mass is 19.1. The Hall–Kier alpha value is -2.25. The molecule has 6 nitrogen and oxygen atoms in total. The minimum atomic E-state index is -0.315. The minimum Gasteiger partial charge on any atom is -0.379 e. The molecule has 1 aliphatic heterocycles. The molecule has 0 radical (unpaired) electrons. The SMILES string of the molecule is Cn1ccc2ncnc(NC/C=C\C(F)=C/COC3CCCOC3)c21. The maximum atomic E-state index is 13.8. The number of nitrogens with zero attached hydrogens (tertiary/aromatic N) is 3. The molecular weight excluding hydrogens is 323 g/mol. The average molecular weight is 346 g/mol. The molecule has 0 aromatic carbocycles. The summed E-state index contributed by atoms with van der Waals surface area (Å²) in [5, 5.41) is 3.18. The first-order valence-corrected chi connectivity index (χ1v) is 8.45. The molecule has 3 heterocycles. The van der Waals surface area contributed by atoms with Crippen LogP contribution in [0.1, 0.15) is 12.8 Å². The van der Waals surface area contributed by atoms with E-state index < -0.39 is 0 Å². The molecule has 7 heteroatoms. The Labute approximate surface area is 146 Å². The van der Waals surface area contributed by atoms with Crippen molar-refractivity contribution in [3.63, 3.8) is 0 Å². The maximum absolute atomic E-state index is 13.8. The number of nitrogens with one attached hydrogen (secondary N) is 1. The summed E-state index contributed by atoms with van der Waals surface area (Å²) in [5.41, 5.74) is 1.80. The summed E-state index contributed by atoms with van der Waals surface area (Å²) >= 11 is 0. The zero-order valence-electron chi connectivity index (χ0n) is 14.3. The van der Waals surface area contributed by atoms with E-state index in [1.165, 1.54) is 18.5 Å². The van der Waals surface area contributed by atoms with Crippen LogP contribution < -0.4 is 5.32 Å². The first-order valence-electron chi connectivity index (χ1n) is 8.45. The quantitative estimate of drug-likeness (QED) is 0.781. The number of aromatic nitrogens is 3. The van der Waals surface area contributed by atoms with Crippen molar-refractivity contribution in [2.45, 2.75) is 18.9 Å². The molecule has 25 heavy (non-hydrogen) atoms. The highest BCUT2D eigenvalue weighted by Gasteiger charge is 2.13. The molecule has 1 unspecified atom stereocenters. The number of ether oxygens (including phenoxy) is 2. The zero-order valence-corrected chi connectivity index (χ0v) is 14.3. The molecule has 0 bridgehead atoms. The van der Waals surface area contributed by atoms with E-state index in [0.29, 0.717) is 13.2 Å². The first kappa shape index (κ1) is 17.6. The number of allylic oxidation sites excluding steroid dienone is 2. The van der Waals surface area contributed by atoms with Crippen LogP contribution in [0.25, 0.3) is 11.0 Å². The topological polar surface area (TPSA) is 61.2 Å². The van der Waals surface area contributed by atoms with Gasteiger partial charge in [0.2, 0.25) is 0 Å². The summed E-state index contributed by atoms with van der Waals surface area (Å²) in [6.07, 6.45) is 10.1. The average Bonchev–Trinajstić information content (AvgIpc) is 3.02. The van der Waals surface area contributed by atoms with Crippen LogP contribution in [-0.4, -0.2) is 47.0 Å². The fourth-order valence-electron chi connectivity index (χ4n) is 2.75. The molecule has 2 aromatic heterocycles. The van der Waals surface area contributed by atoms with Crippen molar-refractivity contribution in [1.82, 2.24) is 14.5 Å². The lowest BCUT2D eigenvalue weighted by Gasteiger charge is -2.21. The van der Waals surface area contributed by atoms with Crippen LogP contribution in [0.15, 0.2) is 42.6 Å². The molecule has 1 fully saturated rings. The number of aryl methyl sites for hydroxylation is 1. The predicted octanol–water partition coefficient (Wildman–Crippen LogP) is 2.99. The van der Waals surface area contributed by atoms with E-state index in [4.69, 9.17) is 9.47 Å². The monoisotopic (exact) mass is 346 g/mol. The Bertz CT molecular complexity index is 751. The molecular formula is C18H23FN4O2. The molecule has 0 amide bonds. The number of fused-ring (bicyclic) bond motifs is 1. The number of anilines is 1. The normalized spacial score (nSPS) is 19.0. The smallest absolute Gasteiger partial charge is 0.154 e. The lowest BCUT2D eigenvalue weighted by atomic mass is 10.2. The Morgan fingerprint density at radius 3 is 3.28 bits per heavy atom. The third-order valence-electron chi connectivity index (χ3n) is 4.05. The van der Waals surface area contributed by atoms with Gasteiger partial charge in [0, 0.05) is 26.4 Å². The van der Waals surface area contributed by atoms with Gasteiger partial charge < -0.3 is 19.4 Å². The molecule has 134 valence electrons. The first-order chi connectivity index (χ1) is 12.2. The standard InChI is InChI=1S/C18H23FN4O2/c1-23-9-6-16-17(23)18(22-13-21-16)20-8-2-4-14(19)7-11-25-15-5-3-10-24-12-15/h2,4,6-7,9,13,15H,3,5,8,10-12H2,1H3,(H,20,21,22)/b4-2-,14-7+. The summed E-state index contributed by atoms with van der Waals surface area (Å²) < 4.78 is 26.6. The van der Waals surface area contributed by atoms with E-state index in [-0.39, 0.29) is 18.5 Å². The van der Waals surface area contributed by atoms with Crippen LogP contribution >= 0.6 is 0 Å². The van der Waals surface area contributed by atoms with Gasteiger partial charge in [0.05, 0.1) is 24.8 Å². The van der Waals surface area contributed by atoms with Gasteiger partial charge in [-0.3, -0.25) is 0 Å². The van der Waals surface area contributed by atoms with Gasteiger partial charge >= 0.3 is 0 Å². The maximum Gasteiger partial charge on any atom is 0.154 e. The van der Waals surface area contributed by atoms with Gasteiger partial charge in [-0.05, 0) is 31.1 Å². The van der Waals surface area contributed by atoms with Crippen molar-refractivity contribution >= 4 is 16.9 Å². The van der Waals surface area contributed by atoms with E-state index in [0.717, 1.165) is 36.3 Å². The molecule has 3 rings (SSSR count). The van der Waals surface area contributed by atoms with E-state index in [1.54, 1.807) is 6.08 Å². The van der Waals surface area contributed by atoms with Gasteiger partial charge in [-0.1, -0.05) is 6.08 Å². The molecule has 0 saturated carbocycles. The van der Waals surface area contributed by atoms with Crippen LogP contribution in [0, 0.1) is 0 Å². The fraction of sp³-hybridized carbons (Fsp3) is 0.444. The van der Waals surface area contributed by atoms with E-state index in [1.807, 2.05) is 23.9 Å². The van der Waals surface area contributed by atoms with Crippen LogP contribution in [0.3, 0.4) is 0 Å². The molecule has 1 aliphatic rings. The van der Waals surface area contributed by atoms with Crippen molar-refractivity contribution < 1.29 is 13.9 Å². The summed E-state index contributed by atoms with van der Waals surface area (Å²) in [5.74, 6) is 0.414. The largest absolute Gasteiger partial charge is 0.379 e. The summed E-state index contributed by atoms with van der Waals surface area (Å²) in [7, 11) is 1.94. The lowest BCUT2D eigenvalue weighted by Crippen LogP contribution is -2.25. The lowest BCUT2D eigenvalue weighted by molar-refractivity contribution is -0.0411. The number of hydrogen-bond acceptors (Lipinski definition) is 5. The Kier molecular flexibility index (Phi) is 6.14. The van der Waals surface area contributed by atoms with E-state index in [2.05, 4.69) is 15.3 Å². The Balaban J connectivity index is 1.45. The number of rotatable bonds is 7. The van der Waals surface area contributed by atoms with Crippen molar-refractivity contribution in [3.8, 4) is 0 Å². The Morgan fingerprint density at radius 1 is 1.52 bits per heavy atom. The highest BCUT2D eigenvalue weighted by Crippen LogP contribution is 2.18. The van der Waals surface area contributed by atoms with Gasteiger partial charge in [-0.25, -0.2) is 14.4 Å². The van der Waals surface area contributed by atoms with Crippen molar-refractivity contribution in [1.29, 1.82) is 0 Å². The number of halogens is 1. The van der Waals surface area contributed by atoms with Crippen LogP contribution in [0.4, 0.5) is 10.2 Å². The van der Waals surface area contributed by atoms with Crippen molar-refractivity contribution in [2.24, 2.45) is 7.05 Å². The molecule has 1 N–H and O–H groups in total. The van der Waals surface area contributed by atoms with Crippen LogP contribution in [0.2, 0.25) is 0 Å². The third kappa shape index (κ3) is 4.87. The predicted molar refractivity (Wildman–Crippen MR) is 95.1 cm³/mol. The summed E-state index contributed by atoms with van der Waals surface area (Å²) in [6.45, 7) is 2.12. The number of hydrogen-bond donors (Lipinski definition) is 1. The van der Waals surface area contributed by atoms with Gasteiger partial charge in [-0.2, -0.15) is 0 Å². The molecule has 1 atom stereocenters. The van der Waals surface area contributed by atoms with Crippen LogP contribution in [-0.2, 0) is 16.5 Å². The van der Waals surface area contributed by atoms with E-state index in [9.17, 15) is 4.39 Å². The van der Waals surface area contributed by atoms with E-state index >= 15 is 0 Å². The van der Waals surface area contributed by atoms with Gasteiger partial charge in [0.25, 0.3) is 0 Å². The minimum absolute atomic E-state index is 0.0777. The molecule has 0 spiro atoms. The van der Waals surface area contributed by atoms with Gasteiger partial charge in [0.1, 0.15) is 17.7 Å². The van der Waals surface area contributed by atoms with Gasteiger partial charge in [0.15, 0.2) is 5.82 Å². The zero-order chi connectivity index (χ0) is 17.5. The Morgan fingerprint density at radius 2 is 2.44 bits per heavy atom. The highest BCUT2D eigenvalue weighted by molar-refractivity contribution is 5.86. The summed E-state index contributed by atoms with van der Waals surface area (Å²) in [4.78, 5) is 8.45. The third-order valence-corrected chi connectivity index (χ3v) is 4.05. The van der Waals surface area contributed by atoms with Gasteiger partial charge in [-0.15, -0.1) is 0 Å². The second-order valence-electron chi connectivity index (χ2n) is 5.93. The molecule has 0 aliphatic carbocycles. The fourth-order valence-corrected chi connectivity index (χ4v) is 2.75. The summed E-state index contributed by atoms with van der Waals surface area (Å²) in [6, 6.07) is 1.93. The van der Waals surface area contributed by atoms with Crippen LogP contribution in [0.5, 0.6) is 0 Å². The second kappa shape index (κ2) is 8.73. The molecule has 1 saturated heterocycles. The molecule has 2 aromatic rings. The second-order valence-corrected chi connectivity index (χ2v) is 5.93.